The number of anilines is 1. The minimum absolute atomic E-state index is 0.181. The van der Waals surface area contributed by atoms with Crippen LogP contribution in [0.3, 0.4) is 0 Å². The van der Waals surface area contributed by atoms with E-state index >= 15 is 0 Å². The summed E-state index contributed by atoms with van der Waals surface area (Å²) in [6.07, 6.45) is 0. The molecular weight excluding hydrogens is 388 g/mol. The van der Waals surface area contributed by atoms with Gasteiger partial charge in [-0.15, -0.1) is 0 Å². The molecule has 3 N–H and O–H groups in total. The molecule has 2 aromatic rings. The van der Waals surface area contributed by atoms with E-state index in [1.54, 1.807) is 36.4 Å². The predicted molar refractivity (Wildman–Crippen MR) is 110 cm³/mol. The van der Waals surface area contributed by atoms with Gasteiger partial charge in [0.25, 0.3) is 5.91 Å². The molecule has 0 aliphatic carbocycles. The first-order chi connectivity index (χ1) is 14.4. The van der Waals surface area contributed by atoms with Gasteiger partial charge in [0.2, 0.25) is 6.79 Å². The van der Waals surface area contributed by atoms with Gasteiger partial charge < -0.3 is 30.3 Å². The molecule has 0 saturated heterocycles. The van der Waals surface area contributed by atoms with Crippen LogP contribution in [0, 0.1) is 0 Å². The molecular formula is C21H24N4O5. The van der Waals surface area contributed by atoms with Crippen LogP contribution < -0.4 is 25.4 Å². The summed E-state index contributed by atoms with van der Waals surface area (Å²) in [5.41, 5.74) is 1.36. The van der Waals surface area contributed by atoms with E-state index in [0.717, 1.165) is 5.56 Å². The third-order valence-electron chi connectivity index (χ3n) is 4.36. The molecule has 1 aliphatic rings. The monoisotopic (exact) mass is 412 g/mol. The van der Waals surface area contributed by atoms with E-state index in [9.17, 15) is 14.4 Å². The molecule has 1 aliphatic heterocycles. The maximum absolute atomic E-state index is 12.6. The molecule has 0 unspecified atom stereocenters. The smallest absolute Gasteiger partial charge is 0.313 e. The van der Waals surface area contributed by atoms with Crippen LogP contribution in [0.25, 0.3) is 0 Å². The number of nitrogens with zero attached hydrogens (tertiary/aromatic N) is 1. The highest BCUT2D eigenvalue weighted by molar-refractivity contribution is 6.40. The van der Waals surface area contributed by atoms with Crippen molar-refractivity contribution >= 4 is 23.4 Å². The second-order valence-corrected chi connectivity index (χ2v) is 6.93. The van der Waals surface area contributed by atoms with Gasteiger partial charge >= 0.3 is 11.8 Å². The van der Waals surface area contributed by atoms with Gasteiger partial charge in [-0.3, -0.25) is 14.4 Å². The lowest BCUT2D eigenvalue weighted by Crippen LogP contribution is -2.39. The van der Waals surface area contributed by atoms with Crippen molar-refractivity contribution in [1.29, 1.82) is 0 Å². The zero-order chi connectivity index (χ0) is 21.5. The fourth-order valence-electron chi connectivity index (χ4n) is 2.77. The summed E-state index contributed by atoms with van der Waals surface area (Å²) in [6.45, 7) is 1.40. The van der Waals surface area contributed by atoms with Crippen molar-refractivity contribution in [3.8, 4) is 11.5 Å². The molecule has 30 heavy (non-hydrogen) atoms. The quantitative estimate of drug-likeness (QED) is 0.585. The Bertz CT molecular complexity index is 945. The van der Waals surface area contributed by atoms with Crippen molar-refractivity contribution in [3.05, 3.63) is 53.6 Å². The Hall–Kier alpha value is -3.59. The molecule has 158 valence electrons. The van der Waals surface area contributed by atoms with Crippen molar-refractivity contribution in [3.63, 3.8) is 0 Å². The summed E-state index contributed by atoms with van der Waals surface area (Å²) >= 11 is 0. The number of rotatable bonds is 7. The normalized spacial score (nSPS) is 11.8. The van der Waals surface area contributed by atoms with E-state index in [-0.39, 0.29) is 30.5 Å². The van der Waals surface area contributed by atoms with Crippen molar-refractivity contribution in [1.82, 2.24) is 15.5 Å². The van der Waals surface area contributed by atoms with E-state index in [4.69, 9.17) is 9.47 Å². The van der Waals surface area contributed by atoms with Gasteiger partial charge in [0.05, 0.1) is 11.3 Å². The van der Waals surface area contributed by atoms with E-state index in [2.05, 4.69) is 16.0 Å². The molecule has 0 fully saturated rings. The van der Waals surface area contributed by atoms with E-state index < -0.39 is 11.8 Å². The van der Waals surface area contributed by atoms with E-state index in [1.807, 2.05) is 25.1 Å². The maximum atomic E-state index is 12.6. The maximum Gasteiger partial charge on any atom is 0.313 e. The summed E-state index contributed by atoms with van der Waals surface area (Å²) < 4.78 is 10.6. The van der Waals surface area contributed by atoms with Crippen LogP contribution in [-0.4, -0.2) is 56.6 Å². The lowest BCUT2D eigenvalue weighted by Gasteiger charge is -2.13. The largest absolute Gasteiger partial charge is 0.454 e. The number of fused-ring (bicyclic) bond motifs is 1. The SMILES string of the molecule is CN(C)CCNC(=O)C(=O)Nc1ccccc1C(=O)NCc1ccc2c(c1)OCO2. The minimum Gasteiger partial charge on any atom is -0.454 e. The Kier molecular flexibility index (Phi) is 6.87. The first kappa shape index (κ1) is 21.1. The number of benzene rings is 2. The highest BCUT2D eigenvalue weighted by Crippen LogP contribution is 2.32. The third-order valence-corrected chi connectivity index (χ3v) is 4.36. The van der Waals surface area contributed by atoms with Crippen LogP contribution in [0.2, 0.25) is 0 Å². The zero-order valence-electron chi connectivity index (χ0n) is 16.9. The van der Waals surface area contributed by atoms with Crippen LogP contribution in [-0.2, 0) is 16.1 Å². The fourth-order valence-corrected chi connectivity index (χ4v) is 2.77. The number of amides is 3. The molecule has 0 bridgehead atoms. The van der Waals surface area contributed by atoms with E-state index in [1.165, 1.54) is 0 Å². The van der Waals surface area contributed by atoms with Crippen LogP contribution in [0.5, 0.6) is 11.5 Å². The first-order valence-corrected chi connectivity index (χ1v) is 9.43. The van der Waals surface area contributed by atoms with Crippen molar-refractivity contribution in [2.24, 2.45) is 0 Å². The van der Waals surface area contributed by atoms with Crippen molar-refractivity contribution in [2.45, 2.75) is 6.54 Å². The molecule has 0 aromatic heterocycles. The Morgan fingerprint density at radius 1 is 0.967 bits per heavy atom. The third kappa shape index (κ3) is 5.48. The number of hydrogen-bond donors (Lipinski definition) is 3. The summed E-state index contributed by atoms with van der Waals surface area (Å²) in [5, 5.41) is 7.84. The Morgan fingerprint density at radius 3 is 2.53 bits per heavy atom. The molecule has 3 amide bonds. The molecule has 0 saturated carbocycles. The van der Waals surface area contributed by atoms with Gasteiger partial charge in [-0.25, -0.2) is 0 Å². The number of hydrogen-bond acceptors (Lipinski definition) is 6. The lowest BCUT2D eigenvalue weighted by molar-refractivity contribution is -0.136. The molecule has 2 aromatic carbocycles. The topological polar surface area (TPSA) is 109 Å². The second kappa shape index (κ2) is 9.75. The molecule has 0 spiro atoms. The standard InChI is InChI=1S/C21H24N4O5/c1-25(2)10-9-22-20(27)21(28)24-16-6-4-3-5-15(16)19(26)23-12-14-7-8-17-18(11-14)30-13-29-17/h3-8,11H,9-10,12-13H2,1-2H3,(H,22,27)(H,23,26)(H,24,28). The molecule has 9 heteroatoms. The molecule has 3 rings (SSSR count). The van der Waals surface area contributed by atoms with Crippen molar-refractivity contribution in [2.75, 3.05) is 39.3 Å². The van der Waals surface area contributed by atoms with Gasteiger partial charge in [-0.05, 0) is 43.9 Å². The van der Waals surface area contributed by atoms with Gasteiger partial charge in [0, 0.05) is 19.6 Å². The average Bonchev–Trinajstić information content (AvgIpc) is 3.20. The number of nitrogens with one attached hydrogen (secondary N) is 3. The minimum atomic E-state index is -0.829. The Labute approximate surface area is 174 Å². The van der Waals surface area contributed by atoms with Crippen LogP contribution in [0.15, 0.2) is 42.5 Å². The predicted octanol–water partition coefficient (Wildman–Crippen LogP) is 0.962. The zero-order valence-corrected chi connectivity index (χ0v) is 16.9. The summed E-state index contributed by atoms with van der Waals surface area (Å²) in [7, 11) is 3.73. The Morgan fingerprint density at radius 2 is 1.73 bits per heavy atom. The summed E-state index contributed by atoms with van der Waals surface area (Å²) in [6, 6.07) is 11.9. The van der Waals surface area contributed by atoms with Gasteiger partial charge in [-0.2, -0.15) is 0 Å². The average molecular weight is 412 g/mol. The molecule has 0 radical (unpaired) electrons. The van der Waals surface area contributed by atoms with Crippen LogP contribution in [0.4, 0.5) is 5.69 Å². The molecule has 0 atom stereocenters. The number of para-hydroxylation sites is 1. The number of carbonyl (C=O) groups is 3. The summed E-state index contributed by atoms with van der Waals surface area (Å²) in [5.74, 6) is -0.662. The second-order valence-electron chi connectivity index (χ2n) is 6.93. The van der Waals surface area contributed by atoms with Gasteiger partial charge in [0.1, 0.15) is 0 Å². The first-order valence-electron chi connectivity index (χ1n) is 9.43. The highest BCUT2D eigenvalue weighted by Gasteiger charge is 2.18. The Balaban J connectivity index is 1.59. The van der Waals surface area contributed by atoms with Crippen molar-refractivity contribution < 1.29 is 23.9 Å². The fraction of sp³-hybridized carbons (Fsp3) is 0.286. The highest BCUT2D eigenvalue weighted by atomic mass is 16.7. The number of likely N-dealkylation sites (N-methyl/N-ethyl adjacent to an activating group) is 1. The van der Waals surface area contributed by atoms with Crippen LogP contribution in [0.1, 0.15) is 15.9 Å². The van der Waals surface area contributed by atoms with Crippen LogP contribution >= 0.6 is 0 Å². The number of carbonyl (C=O) groups excluding carboxylic acids is 3. The van der Waals surface area contributed by atoms with Gasteiger partial charge in [-0.1, -0.05) is 18.2 Å². The molecule has 1 heterocycles. The number of ether oxygens (including phenoxy) is 2. The summed E-state index contributed by atoms with van der Waals surface area (Å²) in [4.78, 5) is 38.6. The molecule has 9 nitrogen and oxygen atoms in total. The van der Waals surface area contributed by atoms with Gasteiger partial charge in [0.15, 0.2) is 11.5 Å². The lowest BCUT2D eigenvalue weighted by atomic mass is 10.1. The van der Waals surface area contributed by atoms with E-state index in [0.29, 0.717) is 24.6 Å².